The summed E-state index contributed by atoms with van der Waals surface area (Å²) >= 11 is 5.81. The van der Waals surface area contributed by atoms with Crippen molar-refractivity contribution in [2.24, 2.45) is 5.41 Å². The third kappa shape index (κ3) is 4.65. The van der Waals surface area contributed by atoms with Gasteiger partial charge in [-0.3, -0.25) is 0 Å². The SMILES string of the molecule is CC(C)(C)[C@@H](NC(=O)Nc1cc(Cl)ccc1C#N)C(=O)O. The highest BCUT2D eigenvalue weighted by molar-refractivity contribution is 6.31. The van der Waals surface area contributed by atoms with Crippen LogP contribution in [0.3, 0.4) is 0 Å². The Bertz CT molecular complexity index is 602. The molecule has 0 fully saturated rings. The van der Waals surface area contributed by atoms with Crippen LogP contribution in [0.25, 0.3) is 0 Å². The van der Waals surface area contributed by atoms with E-state index in [9.17, 15) is 9.59 Å². The molecule has 0 aliphatic carbocycles. The summed E-state index contributed by atoms with van der Waals surface area (Å²) in [7, 11) is 0. The Balaban J connectivity index is 2.90. The van der Waals surface area contributed by atoms with Crippen LogP contribution >= 0.6 is 11.6 Å². The lowest BCUT2D eigenvalue weighted by atomic mass is 9.87. The third-order valence-electron chi connectivity index (χ3n) is 2.74. The largest absolute Gasteiger partial charge is 0.480 e. The minimum Gasteiger partial charge on any atom is -0.480 e. The number of nitrogens with zero attached hydrogens (tertiary/aromatic N) is 1. The molecule has 3 N–H and O–H groups in total. The molecule has 0 saturated heterocycles. The van der Waals surface area contributed by atoms with Gasteiger partial charge < -0.3 is 15.7 Å². The fourth-order valence-electron chi connectivity index (χ4n) is 1.66. The van der Waals surface area contributed by atoms with Crippen LogP contribution in [0.2, 0.25) is 5.02 Å². The van der Waals surface area contributed by atoms with Gasteiger partial charge in [0.2, 0.25) is 0 Å². The van der Waals surface area contributed by atoms with E-state index in [4.69, 9.17) is 22.0 Å². The summed E-state index contributed by atoms with van der Waals surface area (Å²) in [5.41, 5.74) is -0.201. The molecule has 7 heteroatoms. The maximum absolute atomic E-state index is 11.9. The summed E-state index contributed by atoms with van der Waals surface area (Å²) in [4.78, 5) is 23.1. The van der Waals surface area contributed by atoms with Crippen LogP contribution in [0.4, 0.5) is 10.5 Å². The average molecular weight is 310 g/mol. The number of rotatable bonds is 3. The molecule has 0 bridgehead atoms. The number of nitriles is 1. The van der Waals surface area contributed by atoms with Gasteiger partial charge in [-0.25, -0.2) is 9.59 Å². The number of halogens is 1. The molecule has 0 aromatic heterocycles. The van der Waals surface area contributed by atoms with Gasteiger partial charge in [0, 0.05) is 5.02 Å². The number of anilines is 1. The van der Waals surface area contributed by atoms with E-state index in [0.29, 0.717) is 5.02 Å². The Morgan fingerprint density at radius 3 is 2.48 bits per heavy atom. The normalized spacial score (nSPS) is 12.1. The molecule has 1 aromatic rings. The number of hydrogen-bond acceptors (Lipinski definition) is 3. The second-order valence-corrected chi connectivity index (χ2v) is 5.97. The lowest BCUT2D eigenvalue weighted by Gasteiger charge is -2.27. The first-order valence-corrected chi connectivity index (χ1v) is 6.53. The number of hydrogen-bond donors (Lipinski definition) is 3. The van der Waals surface area contributed by atoms with E-state index >= 15 is 0 Å². The summed E-state index contributed by atoms with van der Waals surface area (Å²) in [5.74, 6) is -1.13. The van der Waals surface area contributed by atoms with Gasteiger partial charge in [-0.15, -0.1) is 0 Å². The van der Waals surface area contributed by atoms with Crippen molar-refractivity contribution in [3.05, 3.63) is 28.8 Å². The van der Waals surface area contributed by atoms with Gasteiger partial charge in [0.25, 0.3) is 0 Å². The van der Waals surface area contributed by atoms with Crippen molar-refractivity contribution < 1.29 is 14.7 Å². The second-order valence-electron chi connectivity index (χ2n) is 5.54. The molecule has 1 atom stereocenters. The number of nitrogens with one attached hydrogen (secondary N) is 2. The number of benzene rings is 1. The van der Waals surface area contributed by atoms with Crippen LogP contribution in [-0.2, 0) is 4.79 Å². The molecule has 21 heavy (non-hydrogen) atoms. The predicted molar refractivity (Wildman–Crippen MR) is 79.2 cm³/mol. The quantitative estimate of drug-likeness (QED) is 0.798. The maximum Gasteiger partial charge on any atom is 0.326 e. The minimum absolute atomic E-state index is 0.223. The highest BCUT2D eigenvalue weighted by Crippen LogP contribution is 2.22. The smallest absolute Gasteiger partial charge is 0.326 e. The number of carbonyl (C=O) groups is 2. The van der Waals surface area contributed by atoms with E-state index in [-0.39, 0.29) is 11.3 Å². The molecule has 0 aliphatic rings. The number of urea groups is 1. The number of aliphatic carboxylic acids is 1. The van der Waals surface area contributed by atoms with E-state index in [1.165, 1.54) is 18.2 Å². The van der Waals surface area contributed by atoms with Gasteiger partial charge in [0.05, 0.1) is 11.3 Å². The van der Waals surface area contributed by atoms with Crippen molar-refractivity contribution >= 4 is 29.3 Å². The van der Waals surface area contributed by atoms with Crippen LogP contribution in [0.5, 0.6) is 0 Å². The molecule has 6 nitrogen and oxygen atoms in total. The molecule has 2 amide bonds. The summed E-state index contributed by atoms with van der Waals surface area (Å²) in [6, 6.07) is 4.56. The number of carboxylic acids is 1. The molecule has 0 saturated carbocycles. The lowest BCUT2D eigenvalue weighted by Crippen LogP contribution is -2.50. The van der Waals surface area contributed by atoms with Crippen LogP contribution in [0.15, 0.2) is 18.2 Å². The molecule has 0 heterocycles. The van der Waals surface area contributed by atoms with Crippen LogP contribution in [0.1, 0.15) is 26.3 Å². The van der Waals surface area contributed by atoms with Crippen molar-refractivity contribution in [2.45, 2.75) is 26.8 Å². The number of carbonyl (C=O) groups excluding carboxylic acids is 1. The topological polar surface area (TPSA) is 102 Å². The Hall–Kier alpha value is -2.26. The van der Waals surface area contributed by atoms with E-state index in [1.807, 2.05) is 6.07 Å². The Morgan fingerprint density at radius 1 is 1.38 bits per heavy atom. The Kier molecular flexibility index (Phi) is 5.17. The number of carboxylic acid groups (broad SMARTS) is 1. The molecule has 1 aromatic carbocycles. The monoisotopic (exact) mass is 309 g/mol. The lowest BCUT2D eigenvalue weighted by molar-refractivity contribution is -0.141. The fourth-order valence-corrected chi connectivity index (χ4v) is 1.83. The zero-order valence-corrected chi connectivity index (χ0v) is 12.7. The highest BCUT2D eigenvalue weighted by Gasteiger charge is 2.32. The van der Waals surface area contributed by atoms with Crippen molar-refractivity contribution in [1.29, 1.82) is 5.26 Å². The van der Waals surface area contributed by atoms with Gasteiger partial charge in [-0.1, -0.05) is 32.4 Å². The average Bonchev–Trinajstić information content (AvgIpc) is 2.34. The first-order valence-electron chi connectivity index (χ1n) is 6.15. The van der Waals surface area contributed by atoms with E-state index < -0.39 is 23.5 Å². The van der Waals surface area contributed by atoms with Crippen molar-refractivity contribution in [2.75, 3.05) is 5.32 Å². The molecule has 0 spiro atoms. The summed E-state index contributed by atoms with van der Waals surface area (Å²) < 4.78 is 0. The zero-order valence-electron chi connectivity index (χ0n) is 11.9. The summed E-state index contributed by atoms with van der Waals surface area (Å²) in [6.45, 7) is 5.10. The van der Waals surface area contributed by atoms with Crippen molar-refractivity contribution in [3.8, 4) is 6.07 Å². The van der Waals surface area contributed by atoms with E-state index in [1.54, 1.807) is 20.8 Å². The molecular formula is C14H16ClN3O3. The minimum atomic E-state index is -1.13. The van der Waals surface area contributed by atoms with Gasteiger partial charge in [-0.05, 0) is 23.6 Å². The summed E-state index contributed by atoms with van der Waals surface area (Å²) in [5, 5.41) is 23.3. The Morgan fingerprint density at radius 2 is 2.00 bits per heavy atom. The van der Waals surface area contributed by atoms with Gasteiger partial charge in [0.1, 0.15) is 12.1 Å². The first kappa shape index (κ1) is 16.8. The van der Waals surface area contributed by atoms with Crippen LogP contribution in [-0.4, -0.2) is 23.1 Å². The molecule has 1 rings (SSSR count). The van der Waals surface area contributed by atoms with E-state index in [2.05, 4.69) is 10.6 Å². The van der Waals surface area contributed by atoms with Crippen LogP contribution < -0.4 is 10.6 Å². The third-order valence-corrected chi connectivity index (χ3v) is 2.97. The fraction of sp³-hybridized carbons (Fsp3) is 0.357. The van der Waals surface area contributed by atoms with Crippen molar-refractivity contribution in [1.82, 2.24) is 5.32 Å². The van der Waals surface area contributed by atoms with Crippen molar-refractivity contribution in [3.63, 3.8) is 0 Å². The predicted octanol–water partition coefficient (Wildman–Crippen LogP) is 2.83. The zero-order chi connectivity index (χ0) is 16.2. The molecule has 112 valence electrons. The molecule has 0 unspecified atom stereocenters. The molecule has 0 radical (unpaired) electrons. The first-order chi connectivity index (χ1) is 9.65. The van der Waals surface area contributed by atoms with Crippen LogP contribution in [0, 0.1) is 16.7 Å². The number of amides is 2. The van der Waals surface area contributed by atoms with Gasteiger partial charge >= 0.3 is 12.0 Å². The van der Waals surface area contributed by atoms with Gasteiger partial charge in [0.15, 0.2) is 0 Å². The highest BCUT2D eigenvalue weighted by atomic mass is 35.5. The Labute approximate surface area is 127 Å². The standard InChI is InChI=1S/C14H16ClN3O3/c1-14(2,3)11(12(19)20)18-13(21)17-10-6-9(15)5-4-8(10)7-16/h4-6,11H,1-3H3,(H,19,20)(H2,17,18,21)/t11-/m0/s1. The van der Waals surface area contributed by atoms with E-state index in [0.717, 1.165) is 0 Å². The molecule has 0 aliphatic heterocycles. The summed E-state index contributed by atoms with van der Waals surface area (Å²) in [6.07, 6.45) is 0. The molecular weight excluding hydrogens is 294 g/mol. The second kappa shape index (κ2) is 6.46. The maximum atomic E-state index is 11.9. The van der Waals surface area contributed by atoms with Gasteiger partial charge in [-0.2, -0.15) is 5.26 Å².